The van der Waals surface area contributed by atoms with Gasteiger partial charge in [0.05, 0.1) is 23.9 Å². The Morgan fingerprint density at radius 3 is 2.21 bits per heavy atom. The van der Waals surface area contributed by atoms with E-state index in [0.29, 0.717) is 17.0 Å². The van der Waals surface area contributed by atoms with Gasteiger partial charge in [0, 0.05) is 11.3 Å². The lowest BCUT2D eigenvalue weighted by molar-refractivity contribution is 0.415. The zero-order valence-electron chi connectivity index (χ0n) is 18.5. The van der Waals surface area contributed by atoms with E-state index in [4.69, 9.17) is 4.74 Å². The molecule has 0 fully saturated rings. The van der Waals surface area contributed by atoms with Crippen LogP contribution in [0.3, 0.4) is 0 Å². The predicted molar refractivity (Wildman–Crippen MR) is 129 cm³/mol. The molecular formula is C26H21N3O4S. The number of benzene rings is 3. The van der Waals surface area contributed by atoms with Gasteiger partial charge in [0.2, 0.25) is 9.84 Å². The maximum absolute atomic E-state index is 14.1. The lowest BCUT2D eigenvalue weighted by atomic mass is 10.1. The largest absolute Gasteiger partial charge is 0.497 e. The molecule has 0 amide bonds. The summed E-state index contributed by atoms with van der Waals surface area (Å²) in [7, 11) is -2.51. The number of para-hydroxylation sites is 1. The summed E-state index contributed by atoms with van der Waals surface area (Å²) in [6, 6.07) is 22.6. The number of ether oxygens (including phenoxy) is 1. The molecule has 34 heavy (non-hydrogen) atoms. The Kier molecular flexibility index (Phi) is 5.30. The highest BCUT2D eigenvalue weighted by Crippen LogP contribution is 2.34. The summed E-state index contributed by atoms with van der Waals surface area (Å²) in [5, 5.41) is -0.0440. The van der Waals surface area contributed by atoms with Gasteiger partial charge in [0.25, 0.3) is 5.56 Å². The number of rotatable bonds is 5. The van der Waals surface area contributed by atoms with Crippen LogP contribution in [0.25, 0.3) is 22.5 Å². The van der Waals surface area contributed by atoms with Crippen molar-refractivity contribution in [1.29, 1.82) is 0 Å². The van der Waals surface area contributed by atoms with Gasteiger partial charge in [-0.05, 0) is 55.5 Å². The van der Waals surface area contributed by atoms with Crippen molar-refractivity contribution >= 4 is 15.4 Å². The molecule has 3 aromatic carbocycles. The highest BCUT2D eigenvalue weighted by Gasteiger charge is 2.30. The second-order valence-electron chi connectivity index (χ2n) is 7.82. The van der Waals surface area contributed by atoms with Crippen LogP contribution in [0.15, 0.2) is 106 Å². The van der Waals surface area contributed by atoms with Crippen molar-refractivity contribution in [2.24, 2.45) is 0 Å². The second kappa shape index (κ2) is 8.31. The first kappa shape index (κ1) is 21.7. The highest BCUT2D eigenvalue weighted by molar-refractivity contribution is 7.91. The minimum Gasteiger partial charge on any atom is -0.497 e. The summed E-state index contributed by atoms with van der Waals surface area (Å²) in [4.78, 5) is 17.9. The summed E-state index contributed by atoms with van der Waals surface area (Å²) >= 11 is 0. The molecule has 170 valence electrons. The fourth-order valence-corrected chi connectivity index (χ4v) is 5.54. The average Bonchev–Trinajstić information content (AvgIpc) is 3.34. The van der Waals surface area contributed by atoms with Crippen LogP contribution in [-0.4, -0.2) is 29.5 Å². The van der Waals surface area contributed by atoms with Crippen molar-refractivity contribution in [3.8, 4) is 22.7 Å². The van der Waals surface area contributed by atoms with Gasteiger partial charge in [-0.2, -0.15) is 0 Å². The van der Waals surface area contributed by atoms with E-state index in [-0.39, 0.29) is 26.7 Å². The maximum atomic E-state index is 14.1. The van der Waals surface area contributed by atoms with E-state index in [2.05, 4.69) is 4.98 Å². The van der Waals surface area contributed by atoms with Crippen molar-refractivity contribution in [3.63, 3.8) is 0 Å². The fraction of sp³-hybridized carbons (Fsp3) is 0.0769. The highest BCUT2D eigenvalue weighted by atomic mass is 32.2. The zero-order valence-corrected chi connectivity index (χ0v) is 19.4. The Morgan fingerprint density at radius 2 is 1.56 bits per heavy atom. The number of hydrogen-bond donors (Lipinski definition) is 0. The van der Waals surface area contributed by atoms with Crippen LogP contribution in [0.4, 0.5) is 0 Å². The molecule has 0 aliphatic heterocycles. The predicted octanol–water partition coefficient (Wildman–Crippen LogP) is 4.30. The Labute approximate surface area is 196 Å². The molecule has 0 aliphatic carbocycles. The summed E-state index contributed by atoms with van der Waals surface area (Å²) in [5.74, 6) is 0.615. The van der Waals surface area contributed by atoms with Gasteiger partial charge in [-0.25, -0.2) is 13.4 Å². The molecule has 5 rings (SSSR count). The van der Waals surface area contributed by atoms with E-state index < -0.39 is 9.84 Å². The van der Waals surface area contributed by atoms with Crippen LogP contribution < -0.4 is 10.3 Å². The molecule has 0 radical (unpaired) electrons. The number of methoxy groups -OCH3 is 1. The summed E-state index contributed by atoms with van der Waals surface area (Å²) in [5.41, 5.74) is 2.05. The van der Waals surface area contributed by atoms with E-state index in [1.54, 1.807) is 79.9 Å². The third-order valence-corrected chi connectivity index (χ3v) is 7.46. The molecule has 0 bridgehead atoms. The molecule has 8 heteroatoms. The van der Waals surface area contributed by atoms with E-state index in [1.165, 1.54) is 21.5 Å². The number of nitrogens with zero attached hydrogens (tertiary/aromatic N) is 3. The maximum Gasteiger partial charge on any atom is 0.281 e. The molecular weight excluding hydrogens is 450 g/mol. The number of sulfone groups is 1. The van der Waals surface area contributed by atoms with Gasteiger partial charge >= 0.3 is 0 Å². The van der Waals surface area contributed by atoms with Crippen molar-refractivity contribution < 1.29 is 13.2 Å². The smallest absolute Gasteiger partial charge is 0.281 e. The fourth-order valence-electron chi connectivity index (χ4n) is 3.95. The van der Waals surface area contributed by atoms with Crippen LogP contribution in [0, 0.1) is 6.92 Å². The third-order valence-electron chi connectivity index (χ3n) is 5.67. The van der Waals surface area contributed by atoms with Gasteiger partial charge < -0.3 is 4.74 Å². The van der Waals surface area contributed by atoms with Crippen molar-refractivity contribution in [1.82, 2.24) is 14.0 Å². The quantitative estimate of drug-likeness (QED) is 0.382. The van der Waals surface area contributed by atoms with Crippen LogP contribution in [0.1, 0.15) is 5.56 Å². The van der Waals surface area contributed by atoms with Crippen molar-refractivity contribution in [2.45, 2.75) is 16.8 Å². The first-order chi connectivity index (χ1) is 16.4. The Morgan fingerprint density at radius 1 is 0.882 bits per heavy atom. The Hall–Kier alpha value is -4.17. The standard InChI is InChI=1S/C26H21N3O4S/c1-18-8-14-22(15-9-18)34(31,32)26-24(19-10-12-21(33-2)13-11-19)29(20-6-4-3-5-7-20)25(30)23-16-27-17-28(23)26/h3-17H,1-2H3. The molecule has 0 saturated heterocycles. The lowest BCUT2D eigenvalue weighted by Crippen LogP contribution is -2.26. The normalized spacial score (nSPS) is 11.6. The average molecular weight is 472 g/mol. The number of hydrogen-bond acceptors (Lipinski definition) is 5. The van der Waals surface area contributed by atoms with E-state index in [1.807, 2.05) is 13.0 Å². The molecule has 0 saturated carbocycles. The van der Waals surface area contributed by atoms with Crippen LogP contribution in [0.5, 0.6) is 5.75 Å². The van der Waals surface area contributed by atoms with Crippen LogP contribution in [0.2, 0.25) is 0 Å². The van der Waals surface area contributed by atoms with Gasteiger partial charge in [-0.3, -0.25) is 13.8 Å². The van der Waals surface area contributed by atoms with E-state index in [0.717, 1.165) is 5.56 Å². The molecule has 2 aromatic heterocycles. The topological polar surface area (TPSA) is 82.7 Å². The number of fused-ring (bicyclic) bond motifs is 1. The molecule has 2 heterocycles. The molecule has 0 spiro atoms. The Bertz CT molecular complexity index is 1650. The third kappa shape index (κ3) is 3.48. The van der Waals surface area contributed by atoms with Gasteiger partial charge in [0.15, 0.2) is 5.03 Å². The molecule has 5 aromatic rings. The number of aryl methyl sites for hydroxylation is 1. The monoisotopic (exact) mass is 471 g/mol. The molecule has 7 nitrogen and oxygen atoms in total. The SMILES string of the molecule is COc1ccc(-c2c(S(=O)(=O)c3ccc(C)cc3)n3cncc3c(=O)n2-c2ccccc2)cc1. The lowest BCUT2D eigenvalue weighted by Gasteiger charge is -2.20. The van der Waals surface area contributed by atoms with Crippen molar-refractivity contribution in [2.75, 3.05) is 7.11 Å². The van der Waals surface area contributed by atoms with Gasteiger partial charge in [-0.15, -0.1) is 0 Å². The molecule has 0 unspecified atom stereocenters. The first-order valence-corrected chi connectivity index (χ1v) is 12.0. The molecule has 0 atom stereocenters. The van der Waals surface area contributed by atoms with Crippen molar-refractivity contribution in [3.05, 3.63) is 107 Å². The summed E-state index contributed by atoms with van der Waals surface area (Å²) < 4.78 is 36.2. The van der Waals surface area contributed by atoms with E-state index in [9.17, 15) is 13.2 Å². The van der Waals surface area contributed by atoms with Gasteiger partial charge in [-0.1, -0.05) is 35.9 Å². The first-order valence-electron chi connectivity index (χ1n) is 10.5. The summed E-state index contributed by atoms with van der Waals surface area (Å²) in [6.45, 7) is 1.89. The van der Waals surface area contributed by atoms with E-state index >= 15 is 0 Å². The minimum atomic E-state index is -4.06. The second-order valence-corrected chi connectivity index (χ2v) is 9.69. The summed E-state index contributed by atoms with van der Waals surface area (Å²) in [6.07, 6.45) is 2.74. The minimum absolute atomic E-state index is 0.0440. The molecule has 0 N–H and O–H groups in total. The van der Waals surface area contributed by atoms with Gasteiger partial charge in [0.1, 0.15) is 17.6 Å². The molecule has 0 aliphatic rings. The zero-order chi connectivity index (χ0) is 23.9. The number of imidazole rings is 1. The number of aromatic nitrogens is 3. The Balaban J connectivity index is 1.97. The van der Waals surface area contributed by atoms with Crippen LogP contribution >= 0.6 is 0 Å². The van der Waals surface area contributed by atoms with Crippen LogP contribution in [-0.2, 0) is 9.84 Å².